The van der Waals surface area contributed by atoms with Gasteiger partial charge in [-0.15, -0.1) is 0 Å². The van der Waals surface area contributed by atoms with Gasteiger partial charge < -0.3 is 19.7 Å². The standard InChI is InChI=1S/C26H42O6/c1-16-10-20-22(31-20)12-18(16)14-26(25(29)30,9-7-5-3-4-6-8-24(27)28)15-19-13-23-21(32-23)11-17(19)2/h16-23H,3-15H2,1-2H3,(H,27,28)(H,29,30). The lowest BCUT2D eigenvalue weighted by molar-refractivity contribution is -0.153. The van der Waals surface area contributed by atoms with Crippen LogP contribution in [0.5, 0.6) is 0 Å². The topological polar surface area (TPSA) is 99.7 Å². The van der Waals surface area contributed by atoms with Crippen LogP contribution < -0.4 is 0 Å². The van der Waals surface area contributed by atoms with E-state index < -0.39 is 17.4 Å². The molecule has 0 aromatic rings. The molecule has 6 nitrogen and oxygen atoms in total. The van der Waals surface area contributed by atoms with Crippen LogP contribution in [0.2, 0.25) is 0 Å². The fourth-order valence-electron chi connectivity index (χ4n) is 6.78. The van der Waals surface area contributed by atoms with Gasteiger partial charge in [0.15, 0.2) is 0 Å². The van der Waals surface area contributed by atoms with E-state index in [2.05, 4.69) is 13.8 Å². The van der Waals surface area contributed by atoms with Crippen LogP contribution in [0.25, 0.3) is 0 Å². The monoisotopic (exact) mass is 450 g/mol. The number of hydrogen-bond donors (Lipinski definition) is 2. The number of fused-ring (bicyclic) bond motifs is 2. The smallest absolute Gasteiger partial charge is 0.309 e. The summed E-state index contributed by atoms with van der Waals surface area (Å²) < 4.78 is 11.6. The Morgan fingerprint density at radius 1 is 0.750 bits per heavy atom. The van der Waals surface area contributed by atoms with Crippen molar-refractivity contribution in [2.24, 2.45) is 29.1 Å². The van der Waals surface area contributed by atoms with Crippen LogP contribution >= 0.6 is 0 Å². The normalized spacial score (nSPS) is 39.4. The van der Waals surface area contributed by atoms with Crippen LogP contribution in [0.1, 0.15) is 97.3 Å². The molecule has 2 aliphatic carbocycles. The van der Waals surface area contributed by atoms with E-state index in [9.17, 15) is 14.7 Å². The first-order valence-corrected chi connectivity index (χ1v) is 13.0. The third-order valence-electron chi connectivity index (χ3n) is 9.07. The Kier molecular flexibility index (Phi) is 7.50. The molecule has 0 aromatic carbocycles. The molecule has 2 saturated carbocycles. The van der Waals surface area contributed by atoms with Gasteiger partial charge in [-0.3, -0.25) is 9.59 Å². The molecule has 0 spiro atoms. The maximum absolute atomic E-state index is 12.9. The maximum Gasteiger partial charge on any atom is 0.309 e. The van der Waals surface area contributed by atoms with E-state index in [1.165, 1.54) is 0 Å². The van der Waals surface area contributed by atoms with Gasteiger partial charge in [0.2, 0.25) is 0 Å². The van der Waals surface area contributed by atoms with Gasteiger partial charge in [-0.05, 0) is 75.0 Å². The number of ether oxygens (including phenoxy) is 2. The van der Waals surface area contributed by atoms with Crippen molar-refractivity contribution in [2.75, 3.05) is 0 Å². The van der Waals surface area contributed by atoms with Gasteiger partial charge in [-0.1, -0.05) is 39.5 Å². The molecule has 2 heterocycles. The van der Waals surface area contributed by atoms with Gasteiger partial charge in [0, 0.05) is 6.42 Å². The molecule has 8 unspecified atom stereocenters. The van der Waals surface area contributed by atoms with Crippen LogP contribution in [0.15, 0.2) is 0 Å². The minimum absolute atomic E-state index is 0.229. The highest BCUT2D eigenvalue weighted by Gasteiger charge is 2.53. The molecule has 4 aliphatic rings. The van der Waals surface area contributed by atoms with Crippen molar-refractivity contribution in [3.05, 3.63) is 0 Å². The quantitative estimate of drug-likeness (QED) is 0.292. The van der Waals surface area contributed by atoms with E-state index in [0.717, 1.165) is 70.6 Å². The number of unbranched alkanes of at least 4 members (excludes halogenated alkanes) is 4. The van der Waals surface area contributed by atoms with Crippen molar-refractivity contribution in [3.63, 3.8) is 0 Å². The maximum atomic E-state index is 12.9. The summed E-state index contributed by atoms with van der Waals surface area (Å²) in [5.74, 6) is 0.549. The molecule has 2 N–H and O–H groups in total. The molecule has 2 aliphatic heterocycles. The SMILES string of the molecule is CC1CC2OC2CC1CC(CCCCCCCC(=O)O)(CC1CC2OC2CC1C)C(=O)O. The fraction of sp³-hybridized carbons (Fsp3) is 0.923. The van der Waals surface area contributed by atoms with Gasteiger partial charge in [0.1, 0.15) is 0 Å². The van der Waals surface area contributed by atoms with Crippen molar-refractivity contribution in [2.45, 2.75) is 122 Å². The second-order valence-electron chi connectivity index (χ2n) is 11.5. The Morgan fingerprint density at radius 2 is 1.22 bits per heavy atom. The fourth-order valence-corrected chi connectivity index (χ4v) is 6.78. The van der Waals surface area contributed by atoms with Crippen molar-refractivity contribution < 1.29 is 29.3 Å². The second-order valence-corrected chi connectivity index (χ2v) is 11.5. The Labute approximate surface area is 192 Å². The second kappa shape index (κ2) is 10.0. The van der Waals surface area contributed by atoms with E-state index in [0.29, 0.717) is 54.5 Å². The summed E-state index contributed by atoms with van der Waals surface area (Å²) in [5, 5.41) is 19.4. The summed E-state index contributed by atoms with van der Waals surface area (Å²) in [6.45, 7) is 4.56. The summed E-state index contributed by atoms with van der Waals surface area (Å²) in [4.78, 5) is 23.6. The van der Waals surface area contributed by atoms with E-state index in [4.69, 9.17) is 14.6 Å². The lowest BCUT2D eigenvalue weighted by atomic mass is 9.62. The molecule has 4 fully saturated rings. The predicted molar refractivity (Wildman–Crippen MR) is 120 cm³/mol. The third kappa shape index (κ3) is 5.85. The Morgan fingerprint density at radius 3 is 1.72 bits per heavy atom. The largest absolute Gasteiger partial charge is 0.481 e. The zero-order chi connectivity index (χ0) is 22.9. The highest BCUT2D eigenvalue weighted by molar-refractivity contribution is 5.74. The number of carbonyl (C=O) groups is 2. The summed E-state index contributed by atoms with van der Waals surface area (Å²) in [6.07, 6.45) is 12.8. The van der Waals surface area contributed by atoms with Gasteiger partial charge in [-0.2, -0.15) is 0 Å². The molecule has 6 heteroatoms. The highest BCUT2D eigenvalue weighted by atomic mass is 16.6. The zero-order valence-corrected chi connectivity index (χ0v) is 19.8. The summed E-state index contributed by atoms with van der Waals surface area (Å²) in [7, 11) is 0. The number of epoxide rings is 2. The molecule has 8 atom stereocenters. The zero-order valence-electron chi connectivity index (χ0n) is 19.8. The molecular weight excluding hydrogens is 408 g/mol. The van der Waals surface area contributed by atoms with Gasteiger partial charge >= 0.3 is 11.9 Å². The van der Waals surface area contributed by atoms with Gasteiger partial charge in [0.05, 0.1) is 29.8 Å². The first-order chi connectivity index (χ1) is 15.3. The summed E-state index contributed by atoms with van der Waals surface area (Å²) in [5.41, 5.74) is -0.664. The third-order valence-corrected chi connectivity index (χ3v) is 9.07. The van der Waals surface area contributed by atoms with Gasteiger partial charge in [0.25, 0.3) is 0 Å². The van der Waals surface area contributed by atoms with Crippen LogP contribution in [0.3, 0.4) is 0 Å². The van der Waals surface area contributed by atoms with Crippen LogP contribution in [-0.4, -0.2) is 46.6 Å². The average molecular weight is 451 g/mol. The number of aliphatic carboxylic acids is 2. The van der Waals surface area contributed by atoms with Crippen LogP contribution in [-0.2, 0) is 19.1 Å². The number of hydrogen-bond acceptors (Lipinski definition) is 4. The molecule has 0 aromatic heterocycles. The minimum Gasteiger partial charge on any atom is -0.481 e. The summed E-state index contributed by atoms with van der Waals surface area (Å²) in [6, 6.07) is 0. The van der Waals surface area contributed by atoms with Gasteiger partial charge in [-0.25, -0.2) is 0 Å². The van der Waals surface area contributed by atoms with Crippen LogP contribution in [0.4, 0.5) is 0 Å². The summed E-state index contributed by atoms with van der Waals surface area (Å²) >= 11 is 0. The van der Waals surface area contributed by atoms with E-state index in [1.54, 1.807) is 0 Å². The predicted octanol–water partition coefficient (Wildman–Crippen LogP) is 5.28. The number of carboxylic acid groups (broad SMARTS) is 2. The first kappa shape index (κ1) is 24.0. The molecule has 0 bridgehead atoms. The van der Waals surface area contributed by atoms with Crippen molar-refractivity contribution in [1.82, 2.24) is 0 Å². The van der Waals surface area contributed by atoms with Crippen molar-refractivity contribution >= 4 is 11.9 Å². The van der Waals surface area contributed by atoms with Crippen molar-refractivity contribution in [3.8, 4) is 0 Å². The number of carboxylic acids is 2. The molecule has 4 rings (SSSR count). The first-order valence-electron chi connectivity index (χ1n) is 13.0. The molecule has 182 valence electrons. The van der Waals surface area contributed by atoms with E-state index >= 15 is 0 Å². The lowest BCUT2D eigenvalue weighted by Gasteiger charge is -2.40. The molecular formula is C26H42O6. The van der Waals surface area contributed by atoms with E-state index in [-0.39, 0.29) is 6.42 Å². The Balaban J connectivity index is 1.38. The van der Waals surface area contributed by atoms with Crippen LogP contribution in [0, 0.1) is 29.1 Å². The van der Waals surface area contributed by atoms with E-state index in [1.807, 2.05) is 0 Å². The Bertz CT molecular complexity index is 643. The molecule has 0 radical (unpaired) electrons. The number of rotatable bonds is 13. The highest BCUT2D eigenvalue weighted by Crippen LogP contribution is 2.52. The molecule has 2 saturated heterocycles. The molecule has 32 heavy (non-hydrogen) atoms. The lowest BCUT2D eigenvalue weighted by Crippen LogP contribution is -2.40. The van der Waals surface area contributed by atoms with Crippen molar-refractivity contribution in [1.29, 1.82) is 0 Å². The average Bonchev–Trinajstić information content (AvgIpc) is 3.63. The molecule has 0 amide bonds. The Hall–Kier alpha value is -1.14. The minimum atomic E-state index is -0.734.